The number of aliphatic hydroxyl groups is 2. The minimum Gasteiger partial charge on any atom is -0.481 e. The fraction of sp³-hybridized carbons (Fsp3) is 0.286. The quantitative estimate of drug-likeness (QED) is 0.128. The topological polar surface area (TPSA) is 138 Å². The Hall–Kier alpha value is -4.87. The number of carbonyl (C=O) groups is 3. The Morgan fingerprint density at radius 1 is 0.870 bits per heavy atom. The summed E-state index contributed by atoms with van der Waals surface area (Å²) in [5.74, 6) is -3.26. The van der Waals surface area contributed by atoms with Crippen molar-refractivity contribution in [1.29, 1.82) is 0 Å². The highest BCUT2D eigenvalue weighted by Gasteiger charge is 2.31. The molecule has 0 spiro atoms. The molecule has 0 bridgehead atoms. The summed E-state index contributed by atoms with van der Waals surface area (Å²) in [6.07, 6.45) is -2.72. The molecule has 46 heavy (non-hydrogen) atoms. The lowest BCUT2D eigenvalue weighted by Crippen LogP contribution is -2.23. The van der Waals surface area contributed by atoms with E-state index >= 15 is 0 Å². The summed E-state index contributed by atoms with van der Waals surface area (Å²) in [5.41, 5.74) is 3.45. The molecule has 0 radical (unpaired) electrons. The second-order valence-electron chi connectivity index (χ2n) is 11.2. The van der Waals surface area contributed by atoms with Gasteiger partial charge in [0.1, 0.15) is 17.3 Å². The Bertz CT molecular complexity index is 1700. The van der Waals surface area contributed by atoms with Crippen LogP contribution in [0.5, 0.6) is 0 Å². The highest BCUT2D eigenvalue weighted by molar-refractivity contribution is 6.11. The van der Waals surface area contributed by atoms with Crippen LogP contribution in [0.15, 0.2) is 72.8 Å². The van der Waals surface area contributed by atoms with Crippen LogP contribution in [0, 0.1) is 11.6 Å². The average Bonchev–Trinajstić information content (AvgIpc) is 3.35. The van der Waals surface area contributed by atoms with Crippen molar-refractivity contribution in [2.45, 2.75) is 57.8 Å². The fourth-order valence-electron chi connectivity index (χ4n) is 5.55. The number of benzene rings is 3. The van der Waals surface area contributed by atoms with E-state index in [-0.39, 0.29) is 36.6 Å². The lowest BCUT2D eigenvalue weighted by atomic mass is 9.92. The lowest BCUT2D eigenvalue weighted by Gasteiger charge is -2.20. The van der Waals surface area contributed by atoms with E-state index in [2.05, 4.69) is 5.32 Å². The summed E-state index contributed by atoms with van der Waals surface area (Å²) >= 11 is 0. The van der Waals surface area contributed by atoms with E-state index in [1.807, 2.05) is 13.8 Å². The predicted molar refractivity (Wildman–Crippen MR) is 169 cm³/mol. The maximum atomic E-state index is 14.3. The van der Waals surface area contributed by atoms with Crippen LogP contribution in [0.4, 0.5) is 14.5 Å². The van der Waals surface area contributed by atoms with Gasteiger partial charge in [-0.15, -0.1) is 0 Å². The summed E-state index contributed by atoms with van der Waals surface area (Å²) in [6.45, 7) is 3.74. The van der Waals surface area contributed by atoms with Crippen molar-refractivity contribution in [3.05, 3.63) is 101 Å². The van der Waals surface area contributed by atoms with Crippen LogP contribution in [0.1, 0.15) is 65.7 Å². The number of hydrogen-bond donors (Lipinski definition) is 4. The summed E-state index contributed by atoms with van der Waals surface area (Å²) in [7, 11) is 1.25. The van der Waals surface area contributed by atoms with Gasteiger partial charge >= 0.3 is 11.9 Å². The maximum Gasteiger partial charge on any atom is 0.337 e. The normalized spacial score (nSPS) is 12.5. The van der Waals surface area contributed by atoms with E-state index in [1.54, 1.807) is 34.9 Å². The van der Waals surface area contributed by atoms with Gasteiger partial charge < -0.3 is 29.9 Å². The maximum absolute atomic E-state index is 14.3. The van der Waals surface area contributed by atoms with Crippen LogP contribution in [0.25, 0.3) is 22.3 Å². The number of ether oxygens (including phenoxy) is 1. The number of aliphatic carboxylic acids is 1. The molecule has 4 rings (SSSR count). The minimum atomic E-state index is -1.25. The van der Waals surface area contributed by atoms with Crippen molar-refractivity contribution < 1.29 is 43.2 Å². The largest absolute Gasteiger partial charge is 0.481 e. The first kappa shape index (κ1) is 34.0. The van der Waals surface area contributed by atoms with E-state index in [0.717, 1.165) is 0 Å². The fourth-order valence-corrected chi connectivity index (χ4v) is 5.55. The van der Waals surface area contributed by atoms with E-state index in [9.17, 15) is 33.4 Å². The number of halogens is 2. The van der Waals surface area contributed by atoms with Gasteiger partial charge in [0, 0.05) is 28.6 Å². The number of anilines is 1. The molecule has 0 aliphatic rings. The number of carbonyl (C=O) groups excluding carboxylic acids is 2. The Morgan fingerprint density at radius 2 is 1.46 bits per heavy atom. The zero-order valence-electron chi connectivity index (χ0n) is 25.7. The van der Waals surface area contributed by atoms with Gasteiger partial charge in [0.25, 0.3) is 5.91 Å². The number of nitrogens with one attached hydrogen (secondary N) is 1. The molecule has 1 aromatic heterocycles. The van der Waals surface area contributed by atoms with E-state index in [1.165, 1.54) is 49.6 Å². The number of esters is 1. The summed E-state index contributed by atoms with van der Waals surface area (Å²) in [5, 5.41) is 32.7. The van der Waals surface area contributed by atoms with Gasteiger partial charge in [0.2, 0.25) is 0 Å². The van der Waals surface area contributed by atoms with E-state index in [0.29, 0.717) is 33.6 Å². The molecule has 0 saturated heterocycles. The van der Waals surface area contributed by atoms with Crippen LogP contribution in [-0.2, 0) is 16.0 Å². The number of aliphatic hydroxyl groups excluding tert-OH is 2. The second kappa shape index (κ2) is 14.9. The van der Waals surface area contributed by atoms with Crippen molar-refractivity contribution >= 4 is 23.5 Å². The van der Waals surface area contributed by atoms with Gasteiger partial charge in [-0.1, -0.05) is 30.3 Å². The highest BCUT2D eigenvalue weighted by Crippen LogP contribution is 2.43. The standard InChI is InChI=1S/C35H36F2N2O7/c1-20(2)39-29(16-15-27(40)18-28(41)19-30(42)43)31(21-7-11-24(36)12-8-21)32(22-9-13-25(37)14-10-22)33(39)34(44)38-26-6-4-5-23(17-26)35(45)46-3/h4-14,17,20,27-28,40-41H,15-16,18-19H2,1-3H3,(H,38,44)(H,42,43)/t27-,28-/m1/s1. The van der Waals surface area contributed by atoms with Gasteiger partial charge in [0.05, 0.1) is 31.3 Å². The third-order valence-corrected chi connectivity index (χ3v) is 7.51. The molecule has 2 atom stereocenters. The van der Waals surface area contributed by atoms with E-state index < -0.39 is 48.1 Å². The molecule has 1 amide bonds. The zero-order valence-corrected chi connectivity index (χ0v) is 25.7. The molecule has 0 aliphatic heterocycles. The second-order valence-corrected chi connectivity index (χ2v) is 11.2. The molecule has 0 aliphatic carbocycles. The Morgan fingerprint density at radius 3 is 2.00 bits per heavy atom. The Kier molecular flexibility index (Phi) is 11.0. The van der Waals surface area contributed by atoms with Crippen molar-refractivity contribution in [2.75, 3.05) is 12.4 Å². The first-order valence-corrected chi connectivity index (χ1v) is 14.8. The molecule has 11 heteroatoms. The third kappa shape index (κ3) is 8.04. The Balaban J connectivity index is 1.91. The molecule has 0 fully saturated rings. The van der Waals surface area contributed by atoms with Crippen molar-refractivity contribution in [1.82, 2.24) is 4.57 Å². The van der Waals surface area contributed by atoms with Crippen molar-refractivity contribution in [3.8, 4) is 22.3 Å². The van der Waals surface area contributed by atoms with Gasteiger partial charge in [-0.05, 0) is 86.7 Å². The van der Waals surface area contributed by atoms with Crippen LogP contribution in [0.2, 0.25) is 0 Å². The first-order chi connectivity index (χ1) is 21.9. The molecule has 3 aromatic carbocycles. The molecule has 1 heterocycles. The molecular weight excluding hydrogens is 598 g/mol. The zero-order chi connectivity index (χ0) is 33.5. The Labute approximate surface area is 265 Å². The number of rotatable bonds is 13. The van der Waals surface area contributed by atoms with E-state index in [4.69, 9.17) is 9.84 Å². The molecule has 4 N–H and O–H groups in total. The van der Waals surface area contributed by atoms with Gasteiger partial charge in [-0.3, -0.25) is 9.59 Å². The molecular formula is C35H36F2N2O7. The summed E-state index contributed by atoms with van der Waals surface area (Å²) < 4.78 is 34.8. The monoisotopic (exact) mass is 634 g/mol. The van der Waals surface area contributed by atoms with Crippen molar-refractivity contribution in [2.24, 2.45) is 0 Å². The average molecular weight is 635 g/mol. The van der Waals surface area contributed by atoms with Crippen LogP contribution in [0.3, 0.4) is 0 Å². The number of carboxylic acid groups (broad SMARTS) is 1. The summed E-state index contributed by atoms with van der Waals surface area (Å²) in [4.78, 5) is 37.4. The van der Waals surface area contributed by atoms with Crippen molar-refractivity contribution in [3.63, 3.8) is 0 Å². The molecule has 9 nitrogen and oxygen atoms in total. The molecule has 0 saturated carbocycles. The van der Waals surface area contributed by atoms with Gasteiger partial charge in [-0.2, -0.15) is 0 Å². The molecule has 0 unspecified atom stereocenters. The number of nitrogens with zero attached hydrogens (tertiary/aromatic N) is 1. The number of carboxylic acids is 1. The smallest absolute Gasteiger partial charge is 0.337 e. The first-order valence-electron chi connectivity index (χ1n) is 14.8. The number of amides is 1. The van der Waals surface area contributed by atoms with Crippen LogP contribution >= 0.6 is 0 Å². The number of hydrogen-bond acceptors (Lipinski definition) is 6. The van der Waals surface area contributed by atoms with Crippen LogP contribution < -0.4 is 5.32 Å². The van der Waals surface area contributed by atoms with Gasteiger partial charge in [0.15, 0.2) is 0 Å². The minimum absolute atomic E-state index is 0.104. The number of aromatic nitrogens is 1. The highest BCUT2D eigenvalue weighted by atomic mass is 19.1. The SMILES string of the molecule is COC(=O)c1cccc(NC(=O)c2c(-c3ccc(F)cc3)c(-c3ccc(F)cc3)c(CC[C@@H](O)C[C@@H](O)CC(=O)O)n2C(C)C)c1. The lowest BCUT2D eigenvalue weighted by molar-refractivity contribution is -0.139. The molecule has 242 valence electrons. The van der Waals surface area contributed by atoms with Crippen LogP contribution in [-0.4, -0.2) is 57.1 Å². The third-order valence-electron chi connectivity index (χ3n) is 7.51. The predicted octanol–water partition coefficient (Wildman–Crippen LogP) is 6.24. The number of methoxy groups -OCH3 is 1. The summed E-state index contributed by atoms with van der Waals surface area (Å²) in [6, 6.07) is 17.2. The van der Waals surface area contributed by atoms with Gasteiger partial charge in [-0.25, -0.2) is 13.6 Å². The molecule has 4 aromatic rings.